The molecule has 0 saturated heterocycles. The van der Waals surface area contributed by atoms with E-state index >= 15 is 0 Å². The highest BCUT2D eigenvalue weighted by Gasteiger charge is 2.23. The summed E-state index contributed by atoms with van der Waals surface area (Å²) >= 11 is 0. The maximum absolute atomic E-state index is 13.2. The quantitative estimate of drug-likeness (QED) is 0.0246. The summed E-state index contributed by atoms with van der Waals surface area (Å²) in [5.41, 5.74) is 0. The third kappa shape index (κ3) is 41.8. The zero-order valence-electron chi connectivity index (χ0n) is 39.1. The molecular weight excluding hydrogens is 743 g/mol. The molecule has 3 unspecified atom stereocenters. The first-order valence-electron chi connectivity index (χ1n) is 24.8. The lowest BCUT2D eigenvalue weighted by Crippen LogP contribution is -2.46. The molecule has 0 spiro atoms. The van der Waals surface area contributed by atoms with E-state index < -0.39 is 18.2 Å². The third-order valence-electron chi connectivity index (χ3n) is 10.8. The topological polar surface area (TPSA) is 95.9 Å². The minimum atomic E-state index is -0.818. The number of carbonyl (C=O) groups excluding carboxylic acids is 2. The van der Waals surface area contributed by atoms with Gasteiger partial charge in [0.25, 0.3) is 0 Å². The Labute approximate surface area is 370 Å². The highest BCUT2D eigenvalue weighted by Crippen LogP contribution is 2.16. The normalized spacial score (nSPS) is 14.0. The Balaban J connectivity index is 4.77. The molecule has 0 radical (unpaired) electrons. The molecule has 0 aromatic carbocycles. The number of nitrogens with one attached hydrogen (secondary N) is 1. The second-order valence-electron chi connectivity index (χ2n) is 16.6. The van der Waals surface area contributed by atoms with Crippen molar-refractivity contribution < 1.29 is 24.5 Å². The molecule has 0 aromatic heterocycles. The van der Waals surface area contributed by atoms with E-state index in [-0.39, 0.29) is 24.9 Å². The van der Waals surface area contributed by atoms with Crippen molar-refractivity contribution in [2.24, 2.45) is 0 Å². The van der Waals surface area contributed by atoms with Crippen molar-refractivity contribution in [2.45, 2.75) is 238 Å². The van der Waals surface area contributed by atoms with Crippen LogP contribution >= 0.6 is 0 Å². The lowest BCUT2D eigenvalue weighted by Gasteiger charge is -2.24. The molecule has 0 aliphatic carbocycles. The van der Waals surface area contributed by atoms with Crippen molar-refractivity contribution in [3.05, 3.63) is 85.1 Å². The van der Waals surface area contributed by atoms with Crippen molar-refractivity contribution in [2.75, 3.05) is 6.61 Å². The zero-order valence-corrected chi connectivity index (χ0v) is 39.1. The van der Waals surface area contributed by atoms with Crippen LogP contribution in [0.2, 0.25) is 0 Å². The molecule has 0 aliphatic heterocycles. The molecule has 0 saturated carbocycles. The van der Waals surface area contributed by atoms with Crippen LogP contribution in [0, 0.1) is 0 Å². The van der Waals surface area contributed by atoms with Gasteiger partial charge in [-0.15, -0.1) is 0 Å². The van der Waals surface area contributed by atoms with E-state index in [1.54, 1.807) is 0 Å². The number of esters is 1. The average molecular weight is 836 g/mol. The molecule has 3 N–H and O–H groups in total. The first-order chi connectivity index (χ1) is 29.5. The molecule has 1 amide bonds. The molecule has 6 nitrogen and oxygen atoms in total. The molecule has 0 rings (SSSR count). The molecule has 344 valence electrons. The van der Waals surface area contributed by atoms with E-state index in [9.17, 15) is 19.8 Å². The Morgan fingerprint density at radius 2 is 1.00 bits per heavy atom. The van der Waals surface area contributed by atoms with Gasteiger partial charge < -0.3 is 20.3 Å². The van der Waals surface area contributed by atoms with Gasteiger partial charge in [-0.1, -0.05) is 221 Å². The van der Waals surface area contributed by atoms with Crippen LogP contribution in [-0.4, -0.2) is 46.9 Å². The van der Waals surface area contributed by atoms with Gasteiger partial charge in [-0.2, -0.15) is 0 Å². The summed E-state index contributed by atoms with van der Waals surface area (Å²) < 4.78 is 5.85. The third-order valence-corrected chi connectivity index (χ3v) is 10.8. The molecule has 0 bridgehead atoms. The van der Waals surface area contributed by atoms with Gasteiger partial charge in [0.2, 0.25) is 5.91 Å². The number of carbonyl (C=O) groups is 2. The molecule has 0 aromatic rings. The van der Waals surface area contributed by atoms with Crippen molar-refractivity contribution in [3.8, 4) is 0 Å². The summed E-state index contributed by atoms with van der Waals surface area (Å²) in [4.78, 5) is 26.0. The lowest BCUT2D eigenvalue weighted by atomic mass is 10.0. The van der Waals surface area contributed by atoms with Crippen LogP contribution in [0.3, 0.4) is 0 Å². The molecular formula is C54H93NO5. The van der Waals surface area contributed by atoms with Crippen molar-refractivity contribution >= 4 is 11.9 Å². The average Bonchev–Trinajstić information content (AvgIpc) is 3.24. The fourth-order valence-corrected chi connectivity index (χ4v) is 7.00. The number of aliphatic hydroxyl groups excluding tert-OH is 2. The summed E-state index contributed by atoms with van der Waals surface area (Å²) in [5.74, 6) is -0.606. The zero-order chi connectivity index (χ0) is 43.8. The van der Waals surface area contributed by atoms with Crippen LogP contribution < -0.4 is 5.32 Å². The molecule has 3 atom stereocenters. The Kier molecular flexibility index (Phi) is 44.8. The van der Waals surface area contributed by atoms with Gasteiger partial charge in [-0.3, -0.25) is 9.59 Å². The summed E-state index contributed by atoms with van der Waals surface area (Å²) in [6, 6.07) is -0.738. The predicted molar refractivity (Wildman–Crippen MR) is 259 cm³/mol. The van der Waals surface area contributed by atoms with Crippen LogP contribution in [0.15, 0.2) is 85.1 Å². The number of ether oxygens (including phenoxy) is 1. The minimum absolute atomic E-state index is 0.0106. The first-order valence-corrected chi connectivity index (χ1v) is 24.8. The second-order valence-corrected chi connectivity index (χ2v) is 16.6. The maximum atomic E-state index is 13.2. The van der Waals surface area contributed by atoms with Crippen molar-refractivity contribution in [1.82, 2.24) is 5.32 Å². The van der Waals surface area contributed by atoms with Gasteiger partial charge in [0.1, 0.15) is 6.10 Å². The van der Waals surface area contributed by atoms with Gasteiger partial charge in [0.05, 0.1) is 25.2 Å². The van der Waals surface area contributed by atoms with Crippen LogP contribution in [0.25, 0.3) is 0 Å². The number of rotatable bonds is 43. The van der Waals surface area contributed by atoms with E-state index in [2.05, 4.69) is 99.0 Å². The van der Waals surface area contributed by atoms with Gasteiger partial charge in [-0.25, -0.2) is 0 Å². The van der Waals surface area contributed by atoms with E-state index in [0.29, 0.717) is 19.3 Å². The Bertz CT molecular complexity index is 1160. The Morgan fingerprint density at radius 3 is 1.58 bits per heavy atom. The Hall–Kier alpha value is -2.96. The second kappa shape index (κ2) is 47.1. The maximum Gasteiger partial charge on any atom is 0.306 e. The highest BCUT2D eigenvalue weighted by atomic mass is 16.5. The van der Waals surface area contributed by atoms with Crippen LogP contribution in [0.4, 0.5) is 0 Å². The molecule has 60 heavy (non-hydrogen) atoms. The van der Waals surface area contributed by atoms with Gasteiger partial charge in [-0.05, 0) is 64.2 Å². The van der Waals surface area contributed by atoms with Gasteiger partial charge in [0.15, 0.2) is 0 Å². The van der Waals surface area contributed by atoms with Crippen molar-refractivity contribution in [3.63, 3.8) is 0 Å². The molecule has 0 fully saturated rings. The summed E-state index contributed by atoms with van der Waals surface area (Å²) in [5, 5.41) is 23.7. The number of unbranched alkanes of at least 4 members (excludes halogenated alkanes) is 20. The Morgan fingerprint density at radius 1 is 0.533 bits per heavy atom. The van der Waals surface area contributed by atoms with Crippen LogP contribution in [0.1, 0.15) is 220 Å². The fourth-order valence-electron chi connectivity index (χ4n) is 7.00. The van der Waals surface area contributed by atoms with E-state index in [1.807, 2.05) is 12.2 Å². The van der Waals surface area contributed by atoms with Gasteiger partial charge in [0, 0.05) is 12.8 Å². The SMILES string of the molecule is CC/C=C/C=C/C=C\CCCCCCCC(=O)OC(C/C=C\C/C=C\C/C=C\C/C=C\CCCCC)CC(=O)NC(CO)C(O)CCCCCCCCCCCCCCC. The molecule has 0 aliphatic rings. The molecule has 6 heteroatoms. The monoisotopic (exact) mass is 836 g/mol. The van der Waals surface area contributed by atoms with Gasteiger partial charge >= 0.3 is 5.97 Å². The first kappa shape index (κ1) is 57.0. The number of aliphatic hydroxyl groups is 2. The summed E-state index contributed by atoms with van der Waals surface area (Å²) in [6.45, 7) is 6.28. The lowest BCUT2D eigenvalue weighted by molar-refractivity contribution is -0.150. The fraction of sp³-hybridized carbons (Fsp3) is 0.704. The number of hydrogen-bond acceptors (Lipinski definition) is 5. The standard InChI is InChI=1S/C54H93NO5/c1-4-7-10-13-16-19-22-25-26-29-30-33-36-39-42-45-50(60-54(59)47-44-41-38-35-32-28-24-21-18-15-12-9-6-3)48-53(58)55-51(49-56)52(57)46-43-40-37-34-31-27-23-20-17-14-11-8-5-2/h9,12,15-16,18-19,21,24-26,30,33,39,42,50-52,56-57H,4-8,10-11,13-14,17,20,22-23,27-29,31-32,34-38,40-41,43-49H2,1-3H3,(H,55,58)/b12-9+,18-15+,19-16-,24-21-,26-25-,33-30-,42-39-. The molecule has 0 heterocycles. The number of allylic oxidation sites excluding steroid dienone is 13. The van der Waals surface area contributed by atoms with E-state index in [0.717, 1.165) is 83.5 Å². The van der Waals surface area contributed by atoms with Crippen LogP contribution in [0.5, 0.6) is 0 Å². The highest BCUT2D eigenvalue weighted by molar-refractivity contribution is 5.77. The predicted octanol–water partition coefficient (Wildman–Crippen LogP) is 14.8. The largest absolute Gasteiger partial charge is 0.461 e. The van der Waals surface area contributed by atoms with Crippen molar-refractivity contribution in [1.29, 1.82) is 0 Å². The van der Waals surface area contributed by atoms with E-state index in [1.165, 1.54) is 89.9 Å². The van der Waals surface area contributed by atoms with E-state index in [4.69, 9.17) is 4.74 Å². The number of amides is 1. The minimum Gasteiger partial charge on any atom is -0.461 e. The summed E-state index contributed by atoms with van der Waals surface area (Å²) in [6.07, 6.45) is 60.8. The smallest absolute Gasteiger partial charge is 0.306 e. The number of hydrogen-bond donors (Lipinski definition) is 3. The summed E-state index contributed by atoms with van der Waals surface area (Å²) in [7, 11) is 0. The van der Waals surface area contributed by atoms with Crippen LogP contribution in [-0.2, 0) is 14.3 Å².